The van der Waals surface area contributed by atoms with Crippen LogP contribution in [0.15, 0.2) is 0 Å². The third kappa shape index (κ3) is 4.62. The van der Waals surface area contributed by atoms with Crippen LogP contribution in [-0.2, 0) is 19.1 Å². The molecule has 2 atom stereocenters. The van der Waals surface area contributed by atoms with E-state index < -0.39 is 12.1 Å². The molecule has 1 heterocycles. The molecule has 1 fully saturated rings. The van der Waals surface area contributed by atoms with E-state index in [2.05, 4.69) is 0 Å². The van der Waals surface area contributed by atoms with Gasteiger partial charge in [0, 0.05) is 6.54 Å². The Morgan fingerprint density at radius 1 is 1.44 bits per heavy atom. The van der Waals surface area contributed by atoms with Gasteiger partial charge in [0.2, 0.25) is 5.91 Å². The van der Waals surface area contributed by atoms with Crippen molar-refractivity contribution in [2.75, 3.05) is 19.7 Å². The highest BCUT2D eigenvalue weighted by Crippen LogP contribution is 2.12. The van der Waals surface area contributed by atoms with Gasteiger partial charge in [-0.25, -0.2) is 4.79 Å². The highest BCUT2D eigenvalue weighted by Gasteiger charge is 2.32. The first kappa shape index (κ1) is 14.9. The predicted octanol–water partition coefficient (Wildman–Crippen LogP) is 0.502. The summed E-state index contributed by atoms with van der Waals surface area (Å²) in [4.78, 5) is 24.3. The molecule has 0 aliphatic carbocycles. The van der Waals surface area contributed by atoms with Crippen LogP contribution in [0.4, 0.5) is 0 Å². The van der Waals surface area contributed by atoms with Gasteiger partial charge in [-0.05, 0) is 20.8 Å². The number of aliphatic carboxylic acids is 1. The Morgan fingerprint density at radius 3 is 2.67 bits per heavy atom. The number of hydrogen-bond donors (Lipinski definition) is 1. The van der Waals surface area contributed by atoms with Crippen LogP contribution < -0.4 is 0 Å². The predicted molar refractivity (Wildman–Crippen MR) is 64.3 cm³/mol. The number of amides is 1. The van der Waals surface area contributed by atoms with E-state index in [-0.39, 0.29) is 31.1 Å². The lowest BCUT2D eigenvalue weighted by atomic mass is 10.2. The number of rotatable bonds is 5. The third-order valence-corrected chi connectivity index (χ3v) is 2.66. The number of nitrogens with zero attached hydrogens (tertiary/aromatic N) is 1. The number of morpholine rings is 1. The normalized spacial score (nSPS) is 24.3. The van der Waals surface area contributed by atoms with Crippen molar-refractivity contribution >= 4 is 11.9 Å². The highest BCUT2D eigenvalue weighted by molar-refractivity contribution is 5.78. The number of carboxylic acid groups (broad SMARTS) is 1. The van der Waals surface area contributed by atoms with Gasteiger partial charge in [0.1, 0.15) is 0 Å². The Labute approximate surface area is 107 Å². The molecule has 1 rings (SSSR count). The fourth-order valence-corrected chi connectivity index (χ4v) is 1.83. The van der Waals surface area contributed by atoms with Crippen LogP contribution in [0.3, 0.4) is 0 Å². The molecule has 0 aromatic carbocycles. The average molecular weight is 259 g/mol. The van der Waals surface area contributed by atoms with Crippen LogP contribution in [0.5, 0.6) is 0 Å². The zero-order valence-electron chi connectivity index (χ0n) is 11.1. The van der Waals surface area contributed by atoms with Crippen molar-refractivity contribution in [1.82, 2.24) is 4.90 Å². The largest absolute Gasteiger partial charge is 0.479 e. The van der Waals surface area contributed by atoms with E-state index in [0.717, 1.165) is 0 Å². The molecular weight excluding hydrogens is 238 g/mol. The summed E-state index contributed by atoms with van der Waals surface area (Å²) in [6.07, 6.45) is -0.816. The number of hydrogen-bond acceptors (Lipinski definition) is 4. The lowest BCUT2D eigenvalue weighted by Gasteiger charge is -2.35. The van der Waals surface area contributed by atoms with Crippen molar-refractivity contribution < 1.29 is 24.2 Å². The summed E-state index contributed by atoms with van der Waals surface area (Å²) in [5.74, 6) is -1.12. The lowest BCUT2D eigenvalue weighted by Crippen LogP contribution is -2.51. The Kier molecular flexibility index (Phi) is 5.55. The van der Waals surface area contributed by atoms with Gasteiger partial charge in [0.15, 0.2) is 6.10 Å². The SMILES string of the molecule is CC(C)OCCC(=O)N1CC(C(=O)O)O[C@H](C)C1. The third-order valence-electron chi connectivity index (χ3n) is 2.66. The molecule has 6 nitrogen and oxygen atoms in total. The number of carboxylic acids is 1. The maximum absolute atomic E-state index is 11.9. The summed E-state index contributed by atoms with van der Waals surface area (Å²) in [6, 6.07) is 0. The van der Waals surface area contributed by atoms with E-state index in [1.807, 2.05) is 13.8 Å². The second-order valence-corrected chi connectivity index (χ2v) is 4.74. The van der Waals surface area contributed by atoms with E-state index in [1.54, 1.807) is 6.92 Å². The van der Waals surface area contributed by atoms with Gasteiger partial charge >= 0.3 is 5.97 Å². The van der Waals surface area contributed by atoms with E-state index in [1.165, 1.54) is 4.90 Å². The molecule has 0 saturated carbocycles. The minimum atomic E-state index is -1.03. The highest BCUT2D eigenvalue weighted by atomic mass is 16.5. The molecule has 1 unspecified atom stereocenters. The van der Waals surface area contributed by atoms with Crippen molar-refractivity contribution in [1.29, 1.82) is 0 Å². The van der Waals surface area contributed by atoms with Gasteiger partial charge in [-0.15, -0.1) is 0 Å². The molecule has 0 aromatic heterocycles. The van der Waals surface area contributed by atoms with Crippen molar-refractivity contribution in [2.45, 2.75) is 45.5 Å². The first-order valence-electron chi connectivity index (χ1n) is 6.17. The Morgan fingerprint density at radius 2 is 2.11 bits per heavy atom. The lowest BCUT2D eigenvalue weighted by molar-refractivity contribution is -0.166. The zero-order chi connectivity index (χ0) is 13.7. The standard InChI is InChI=1S/C12H21NO5/c1-8(2)17-5-4-11(14)13-6-9(3)18-10(7-13)12(15)16/h8-10H,4-7H2,1-3H3,(H,15,16)/t9-,10?/m1/s1. The Bertz CT molecular complexity index is 305. The molecular formula is C12H21NO5. The first-order chi connectivity index (χ1) is 8.40. The molecule has 0 aromatic rings. The number of ether oxygens (including phenoxy) is 2. The maximum atomic E-state index is 11.9. The van der Waals surface area contributed by atoms with Crippen LogP contribution in [0.1, 0.15) is 27.2 Å². The first-order valence-corrected chi connectivity index (χ1v) is 6.17. The van der Waals surface area contributed by atoms with Crippen molar-refractivity contribution in [2.24, 2.45) is 0 Å². The Balaban J connectivity index is 2.44. The molecule has 1 aliphatic rings. The summed E-state index contributed by atoms with van der Waals surface area (Å²) >= 11 is 0. The maximum Gasteiger partial charge on any atom is 0.334 e. The quantitative estimate of drug-likeness (QED) is 0.778. The van der Waals surface area contributed by atoms with Gasteiger partial charge in [0.05, 0.1) is 31.8 Å². The molecule has 1 aliphatic heterocycles. The minimum absolute atomic E-state index is 0.0861. The van der Waals surface area contributed by atoms with Gasteiger partial charge in [-0.2, -0.15) is 0 Å². The summed E-state index contributed by atoms with van der Waals surface area (Å²) in [5, 5.41) is 8.92. The van der Waals surface area contributed by atoms with Crippen LogP contribution >= 0.6 is 0 Å². The molecule has 6 heteroatoms. The fraction of sp³-hybridized carbons (Fsp3) is 0.833. The van der Waals surface area contributed by atoms with E-state index in [9.17, 15) is 9.59 Å². The zero-order valence-corrected chi connectivity index (χ0v) is 11.1. The van der Waals surface area contributed by atoms with E-state index >= 15 is 0 Å². The van der Waals surface area contributed by atoms with Crippen molar-refractivity contribution in [3.63, 3.8) is 0 Å². The molecule has 18 heavy (non-hydrogen) atoms. The van der Waals surface area contributed by atoms with Gasteiger partial charge in [0.25, 0.3) is 0 Å². The topological polar surface area (TPSA) is 76.1 Å². The monoisotopic (exact) mass is 259 g/mol. The van der Waals surface area contributed by atoms with Gasteiger partial charge in [-0.3, -0.25) is 4.79 Å². The molecule has 104 valence electrons. The molecule has 1 N–H and O–H groups in total. The summed E-state index contributed by atoms with van der Waals surface area (Å²) < 4.78 is 10.6. The molecule has 0 bridgehead atoms. The van der Waals surface area contributed by atoms with Crippen molar-refractivity contribution in [3.8, 4) is 0 Å². The summed E-state index contributed by atoms with van der Waals surface area (Å²) in [6.45, 7) is 6.48. The summed E-state index contributed by atoms with van der Waals surface area (Å²) in [5.41, 5.74) is 0. The van der Waals surface area contributed by atoms with Gasteiger partial charge in [-0.1, -0.05) is 0 Å². The van der Waals surface area contributed by atoms with Crippen LogP contribution in [0.2, 0.25) is 0 Å². The van der Waals surface area contributed by atoms with Crippen LogP contribution in [-0.4, -0.2) is 59.9 Å². The minimum Gasteiger partial charge on any atom is -0.479 e. The molecule has 1 amide bonds. The molecule has 0 spiro atoms. The number of carbonyl (C=O) groups is 2. The average Bonchev–Trinajstić information content (AvgIpc) is 2.27. The number of carbonyl (C=O) groups excluding carboxylic acids is 1. The second-order valence-electron chi connectivity index (χ2n) is 4.74. The van der Waals surface area contributed by atoms with Crippen molar-refractivity contribution in [3.05, 3.63) is 0 Å². The smallest absolute Gasteiger partial charge is 0.334 e. The van der Waals surface area contributed by atoms with E-state index in [4.69, 9.17) is 14.6 Å². The molecule has 1 saturated heterocycles. The van der Waals surface area contributed by atoms with Crippen LogP contribution in [0.25, 0.3) is 0 Å². The van der Waals surface area contributed by atoms with E-state index in [0.29, 0.717) is 13.2 Å². The molecule has 0 radical (unpaired) electrons. The Hall–Kier alpha value is -1.14. The van der Waals surface area contributed by atoms with Crippen LogP contribution in [0, 0.1) is 0 Å². The summed E-state index contributed by atoms with van der Waals surface area (Å²) in [7, 11) is 0. The fourth-order valence-electron chi connectivity index (χ4n) is 1.83. The van der Waals surface area contributed by atoms with Gasteiger partial charge < -0.3 is 19.5 Å². The second kappa shape index (κ2) is 6.70.